The van der Waals surface area contributed by atoms with E-state index in [1.807, 2.05) is 0 Å². The van der Waals surface area contributed by atoms with Gasteiger partial charge in [0.15, 0.2) is 5.16 Å². The molecule has 3 aromatic rings. The van der Waals surface area contributed by atoms with E-state index in [9.17, 15) is 0 Å². The fourth-order valence-electron chi connectivity index (χ4n) is 4.10. The van der Waals surface area contributed by atoms with Gasteiger partial charge in [0.05, 0.1) is 25.9 Å². The standard InChI is InChI=1S/C22H26N4O2S/c1-2-9-20-17(5-1)6-3-7-18(20)16-29-22-24-23-21(25-10-13-27-14-11-25)26(22)15-19-8-4-12-28-19/h1-3,5-7,9,19H,4,8,10-16H2. The average Bonchev–Trinajstić information content (AvgIpc) is 3.43. The molecule has 2 aliphatic rings. The summed E-state index contributed by atoms with van der Waals surface area (Å²) in [5.74, 6) is 1.82. The van der Waals surface area contributed by atoms with E-state index >= 15 is 0 Å². The summed E-state index contributed by atoms with van der Waals surface area (Å²) in [6.45, 7) is 4.88. The summed E-state index contributed by atoms with van der Waals surface area (Å²) in [6.07, 6.45) is 2.49. The number of aromatic nitrogens is 3. The summed E-state index contributed by atoms with van der Waals surface area (Å²) in [6, 6.07) is 15.1. The van der Waals surface area contributed by atoms with Crippen LogP contribution < -0.4 is 4.90 Å². The van der Waals surface area contributed by atoms with Crippen LogP contribution in [0.2, 0.25) is 0 Å². The maximum atomic E-state index is 5.92. The van der Waals surface area contributed by atoms with Gasteiger partial charge in [-0.2, -0.15) is 0 Å². The molecule has 0 spiro atoms. The predicted molar refractivity (Wildman–Crippen MR) is 116 cm³/mol. The first kappa shape index (κ1) is 18.9. The first-order chi connectivity index (χ1) is 14.4. The maximum absolute atomic E-state index is 5.92. The fourth-order valence-corrected chi connectivity index (χ4v) is 5.04. The molecule has 1 atom stereocenters. The molecule has 7 heteroatoms. The van der Waals surface area contributed by atoms with Crippen LogP contribution in [0.25, 0.3) is 10.8 Å². The van der Waals surface area contributed by atoms with Crippen LogP contribution in [0.15, 0.2) is 47.6 Å². The van der Waals surface area contributed by atoms with E-state index in [1.54, 1.807) is 11.8 Å². The molecule has 6 nitrogen and oxygen atoms in total. The number of ether oxygens (including phenoxy) is 2. The summed E-state index contributed by atoms with van der Waals surface area (Å²) in [4.78, 5) is 2.29. The van der Waals surface area contributed by atoms with Crippen molar-refractivity contribution in [3.8, 4) is 0 Å². The Kier molecular flexibility index (Phi) is 5.69. The zero-order valence-electron chi connectivity index (χ0n) is 16.5. The first-order valence-electron chi connectivity index (χ1n) is 10.4. The Hall–Kier alpha value is -2.09. The molecule has 152 valence electrons. The Morgan fingerprint density at radius 1 is 1.00 bits per heavy atom. The lowest BCUT2D eigenvalue weighted by Crippen LogP contribution is -2.38. The van der Waals surface area contributed by atoms with Gasteiger partial charge in [0.1, 0.15) is 0 Å². The number of hydrogen-bond acceptors (Lipinski definition) is 6. The highest BCUT2D eigenvalue weighted by atomic mass is 32.2. The van der Waals surface area contributed by atoms with E-state index < -0.39 is 0 Å². The van der Waals surface area contributed by atoms with E-state index in [-0.39, 0.29) is 6.10 Å². The highest BCUT2D eigenvalue weighted by Gasteiger charge is 2.25. The van der Waals surface area contributed by atoms with Crippen molar-refractivity contribution < 1.29 is 9.47 Å². The number of anilines is 1. The molecule has 3 heterocycles. The topological polar surface area (TPSA) is 52.4 Å². The lowest BCUT2D eigenvalue weighted by molar-refractivity contribution is 0.0942. The lowest BCUT2D eigenvalue weighted by atomic mass is 10.1. The lowest BCUT2D eigenvalue weighted by Gasteiger charge is -2.28. The van der Waals surface area contributed by atoms with E-state index in [0.717, 1.165) is 69.2 Å². The molecule has 1 aromatic heterocycles. The second-order valence-electron chi connectivity index (χ2n) is 7.55. The van der Waals surface area contributed by atoms with Crippen LogP contribution in [0.5, 0.6) is 0 Å². The Bertz CT molecular complexity index is 959. The molecule has 0 N–H and O–H groups in total. The highest BCUT2D eigenvalue weighted by Crippen LogP contribution is 2.30. The minimum Gasteiger partial charge on any atom is -0.378 e. The number of rotatable bonds is 6. The van der Waals surface area contributed by atoms with Gasteiger partial charge in [-0.25, -0.2) is 0 Å². The molecule has 2 fully saturated rings. The van der Waals surface area contributed by atoms with Crippen molar-refractivity contribution in [2.45, 2.75) is 36.4 Å². The van der Waals surface area contributed by atoms with Crippen LogP contribution in [0.3, 0.4) is 0 Å². The van der Waals surface area contributed by atoms with Crippen LogP contribution in [-0.4, -0.2) is 53.8 Å². The number of morpholine rings is 1. The zero-order chi connectivity index (χ0) is 19.5. The Morgan fingerprint density at radius 3 is 2.72 bits per heavy atom. The fraction of sp³-hybridized carbons (Fsp3) is 0.455. The van der Waals surface area contributed by atoms with Gasteiger partial charge in [-0.1, -0.05) is 54.2 Å². The third kappa shape index (κ3) is 4.13. The number of nitrogens with zero attached hydrogens (tertiary/aromatic N) is 4. The number of thioether (sulfide) groups is 1. The van der Waals surface area contributed by atoms with E-state index in [2.05, 4.69) is 62.1 Å². The molecular formula is C22H26N4O2S. The summed E-state index contributed by atoms with van der Waals surface area (Å²) < 4.78 is 13.7. The van der Waals surface area contributed by atoms with E-state index in [0.29, 0.717) is 0 Å². The zero-order valence-corrected chi connectivity index (χ0v) is 17.3. The Morgan fingerprint density at radius 2 is 1.86 bits per heavy atom. The number of benzene rings is 2. The summed E-state index contributed by atoms with van der Waals surface area (Å²) in [5, 5.41) is 12.7. The molecule has 2 aliphatic heterocycles. The van der Waals surface area contributed by atoms with E-state index in [4.69, 9.17) is 9.47 Å². The molecule has 5 rings (SSSR count). The van der Waals surface area contributed by atoms with Crippen molar-refractivity contribution in [1.29, 1.82) is 0 Å². The maximum Gasteiger partial charge on any atom is 0.228 e. The summed E-state index contributed by atoms with van der Waals surface area (Å²) in [5.41, 5.74) is 1.33. The van der Waals surface area contributed by atoms with Gasteiger partial charge in [-0.05, 0) is 29.2 Å². The highest BCUT2D eigenvalue weighted by molar-refractivity contribution is 7.98. The third-order valence-corrected chi connectivity index (χ3v) is 6.65. The van der Waals surface area contributed by atoms with Crippen LogP contribution in [-0.2, 0) is 21.8 Å². The van der Waals surface area contributed by atoms with Gasteiger partial charge >= 0.3 is 0 Å². The third-order valence-electron chi connectivity index (χ3n) is 5.64. The number of hydrogen-bond donors (Lipinski definition) is 0. The van der Waals surface area contributed by atoms with Crippen LogP contribution in [0.1, 0.15) is 18.4 Å². The minimum atomic E-state index is 0.252. The second-order valence-corrected chi connectivity index (χ2v) is 8.50. The van der Waals surface area contributed by atoms with Gasteiger partial charge in [-0.15, -0.1) is 10.2 Å². The van der Waals surface area contributed by atoms with Gasteiger partial charge in [-0.3, -0.25) is 4.57 Å². The van der Waals surface area contributed by atoms with Crippen LogP contribution in [0.4, 0.5) is 5.95 Å². The normalized spacial score (nSPS) is 19.9. The Labute approximate surface area is 175 Å². The average molecular weight is 411 g/mol. The quantitative estimate of drug-likeness (QED) is 0.577. The SMILES string of the molecule is c1ccc2c(CSc3nnc(N4CCOCC4)n3CC3CCCO3)cccc2c1. The van der Waals surface area contributed by atoms with Crippen molar-refractivity contribution in [2.24, 2.45) is 0 Å². The van der Waals surface area contributed by atoms with Crippen molar-refractivity contribution in [3.63, 3.8) is 0 Å². The molecule has 1 unspecified atom stereocenters. The summed E-state index contributed by atoms with van der Waals surface area (Å²) in [7, 11) is 0. The molecule has 2 aromatic carbocycles. The van der Waals surface area contributed by atoms with E-state index in [1.165, 1.54) is 16.3 Å². The van der Waals surface area contributed by atoms with Gasteiger partial charge < -0.3 is 14.4 Å². The first-order valence-corrected chi connectivity index (χ1v) is 11.3. The van der Waals surface area contributed by atoms with Crippen molar-refractivity contribution in [2.75, 3.05) is 37.8 Å². The Balaban J connectivity index is 1.40. The van der Waals surface area contributed by atoms with Gasteiger partial charge in [0, 0.05) is 25.4 Å². The minimum absolute atomic E-state index is 0.252. The molecular weight excluding hydrogens is 384 g/mol. The second kappa shape index (κ2) is 8.73. The smallest absolute Gasteiger partial charge is 0.228 e. The molecule has 0 aliphatic carbocycles. The predicted octanol–water partition coefficient (Wildman–Crippen LogP) is 3.74. The van der Waals surface area contributed by atoms with Crippen molar-refractivity contribution in [3.05, 3.63) is 48.0 Å². The van der Waals surface area contributed by atoms with Gasteiger partial charge in [0.25, 0.3) is 0 Å². The molecule has 0 radical (unpaired) electrons. The van der Waals surface area contributed by atoms with Gasteiger partial charge in [0.2, 0.25) is 5.95 Å². The van der Waals surface area contributed by atoms with Crippen molar-refractivity contribution >= 4 is 28.5 Å². The largest absolute Gasteiger partial charge is 0.378 e. The molecule has 2 saturated heterocycles. The number of fused-ring (bicyclic) bond motifs is 1. The van der Waals surface area contributed by atoms with Crippen LogP contribution in [0, 0.1) is 0 Å². The molecule has 0 amide bonds. The van der Waals surface area contributed by atoms with Crippen LogP contribution >= 0.6 is 11.8 Å². The monoisotopic (exact) mass is 410 g/mol. The molecule has 29 heavy (non-hydrogen) atoms. The molecule has 0 bridgehead atoms. The molecule has 0 saturated carbocycles. The van der Waals surface area contributed by atoms with Crippen molar-refractivity contribution in [1.82, 2.24) is 14.8 Å². The summed E-state index contributed by atoms with van der Waals surface area (Å²) >= 11 is 1.76.